The van der Waals surface area contributed by atoms with Crippen LogP contribution in [0.15, 0.2) is 49.9 Å². The summed E-state index contributed by atoms with van der Waals surface area (Å²) < 4.78 is 15.9. The van der Waals surface area contributed by atoms with Gasteiger partial charge in [-0.1, -0.05) is 28.5 Å². The molecule has 0 atom stereocenters. The Labute approximate surface area is 176 Å². The zero-order chi connectivity index (χ0) is 22.0. The number of aromatic nitrogens is 3. The molecule has 10 nitrogen and oxygen atoms in total. The van der Waals surface area contributed by atoms with E-state index in [0.29, 0.717) is 34.5 Å². The second-order valence-corrected chi connectivity index (χ2v) is 6.86. The Morgan fingerprint density at radius 2 is 1.77 bits per heavy atom. The third-order valence-electron chi connectivity index (χ3n) is 4.51. The van der Waals surface area contributed by atoms with E-state index in [9.17, 15) is 9.59 Å². The van der Waals surface area contributed by atoms with Crippen LogP contribution in [0.2, 0.25) is 0 Å². The van der Waals surface area contributed by atoms with E-state index in [2.05, 4.69) is 26.1 Å². The number of oxazole rings is 1. The number of hydrazine groups is 1. The number of aryl methyl sites for hydroxylation is 3. The van der Waals surface area contributed by atoms with Gasteiger partial charge in [0.05, 0.1) is 17.8 Å². The fraction of sp³-hybridized carbons (Fsp3) is 0.190. The Morgan fingerprint density at radius 1 is 1.00 bits per heavy atom. The van der Waals surface area contributed by atoms with Gasteiger partial charge in [-0.2, -0.15) is 0 Å². The SMILES string of the molecule is Cc1cc(-c2onc(C)c2C(=O)NNC(=O)Cc2nc(-c3ccccc3)oc2C)no1. The van der Waals surface area contributed by atoms with E-state index in [-0.39, 0.29) is 17.7 Å². The summed E-state index contributed by atoms with van der Waals surface area (Å²) in [7, 11) is 0. The molecule has 0 unspecified atom stereocenters. The van der Waals surface area contributed by atoms with Crippen molar-refractivity contribution >= 4 is 11.8 Å². The number of hydrogen-bond acceptors (Lipinski definition) is 8. The Kier molecular flexibility index (Phi) is 5.35. The molecular weight excluding hydrogens is 402 g/mol. The van der Waals surface area contributed by atoms with Gasteiger partial charge in [0.2, 0.25) is 17.6 Å². The zero-order valence-electron chi connectivity index (χ0n) is 17.1. The quantitative estimate of drug-likeness (QED) is 0.469. The van der Waals surface area contributed by atoms with Gasteiger partial charge >= 0.3 is 0 Å². The van der Waals surface area contributed by atoms with Crippen LogP contribution in [0.4, 0.5) is 0 Å². The molecule has 0 saturated carbocycles. The molecule has 0 aliphatic rings. The summed E-state index contributed by atoms with van der Waals surface area (Å²) in [5, 5.41) is 7.64. The third-order valence-corrected chi connectivity index (χ3v) is 4.51. The molecule has 3 heterocycles. The topological polar surface area (TPSA) is 136 Å². The average Bonchev–Trinajstić information content (AvgIpc) is 3.46. The van der Waals surface area contributed by atoms with Crippen LogP contribution < -0.4 is 10.9 Å². The number of carbonyl (C=O) groups is 2. The van der Waals surface area contributed by atoms with Gasteiger partial charge in [0.1, 0.15) is 17.1 Å². The number of amides is 2. The van der Waals surface area contributed by atoms with Crippen LogP contribution in [0.3, 0.4) is 0 Å². The molecule has 4 rings (SSSR count). The highest BCUT2D eigenvalue weighted by molar-refractivity contribution is 6.00. The van der Waals surface area contributed by atoms with E-state index >= 15 is 0 Å². The highest BCUT2D eigenvalue weighted by Gasteiger charge is 2.24. The molecular formula is C21H19N5O5. The number of nitrogens with one attached hydrogen (secondary N) is 2. The largest absolute Gasteiger partial charge is 0.441 e. The minimum atomic E-state index is -0.593. The Morgan fingerprint density at radius 3 is 2.48 bits per heavy atom. The first-order valence-corrected chi connectivity index (χ1v) is 9.43. The summed E-state index contributed by atoms with van der Waals surface area (Å²) in [5.74, 6) is 0.612. The number of hydrogen-bond donors (Lipinski definition) is 2. The molecule has 2 amide bonds. The third kappa shape index (κ3) is 4.22. The van der Waals surface area contributed by atoms with Crippen molar-refractivity contribution in [1.29, 1.82) is 0 Å². The molecule has 158 valence electrons. The van der Waals surface area contributed by atoms with Crippen molar-refractivity contribution in [3.63, 3.8) is 0 Å². The highest BCUT2D eigenvalue weighted by atomic mass is 16.5. The predicted molar refractivity (Wildman–Crippen MR) is 107 cm³/mol. The monoisotopic (exact) mass is 421 g/mol. The Hall–Kier alpha value is -4.21. The van der Waals surface area contributed by atoms with E-state index in [4.69, 9.17) is 13.5 Å². The fourth-order valence-electron chi connectivity index (χ4n) is 2.97. The van der Waals surface area contributed by atoms with Crippen molar-refractivity contribution in [3.8, 4) is 22.9 Å². The molecule has 0 spiro atoms. The standard InChI is InChI=1S/C21H19N5O5/c1-11-9-16(26-30-11)19-18(12(2)25-31-19)20(28)24-23-17(27)10-15-13(3)29-21(22-15)14-7-5-4-6-8-14/h4-9H,10H2,1-3H3,(H,23,27)(H,24,28). The summed E-state index contributed by atoms with van der Waals surface area (Å²) in [5.41, 5.74) is 6.86. The molecule has 1 aromatic carbocycles. The van der Waals surface area contributed by atoms with E-state index in [1.54, 1.807) is 26.8 Å². The lowest BCUT2D eigenvalue weighted by Crippen LogP contribution is -2.42. The van der Waals surface area contributed by atoms with Crippen LogP contribution >= 0.6 is 0 Å². The smallest absolute Gasteiger partial charge is 0.275 e. The van der Waals surface area contributed by atoms with E-state index in [1.807, 2.05) is 30.3 Å². The lowest BCUT2D eigenvalue weighted by molar-refractivity contribution is -0.121. The molecule has 0 saturated heterocycles. The summed E-state index contributed by atoms with van der Waals surface area (Å²) >= 11 is 0. The van der Waals surface area contributed by atoms with Gasteiger partial charge < -0.3 is 13.5 Å². The molecule has 31 heavy (non-hydrogen) atoms. The normalized spacial score (nSPS) is 10.8. The molecule has 3 aromatic heterocycles. The predicted octanol–water partition coefficient (Wildman–Crippen LogP) is 2.91. The van der Waals surface area contributed by atoms with E-state index < -0.39 is 11.8 Å². The first kappa shape index (κ1) is 20.1. The van der Waals surface area contributed by atoms with Crippen LogP contribution in [-0.2, 0) is 11.2 Å². The van der Waals surface area contributed by atoms with Crippen molar-refractivity contribution in [2.24, 2.45) is 0 Å². The van der Waals surface area contributed by atoms with Gasteiger partial charge in [-0.25, -0.2) is 4.98 Å². The van der Waals surface area contributed by atoms with Gasteiger partial charge in [-0.3, -0.25) is 20.4 Å². The molecule has 4 aromatic rings. The van der Waals surface area contributed by atoms with Crippen molar-refractivity contribution in [1.82, 2.24) is 26.1 Å². The van der Waals surface area contributed by atoms with Crippen LogP contribution in [-0.4, -0.2) is 27.1 Å². The molecule has 0 fully saturated rings. The lowest BCUT2D eigenvalue weighted by Gasteiger charge is -2.06. The molecule has 0 radical (unpaired) electrons. The van der Waals surface area contributed by atoms with Gasteiger partial charge in [0.25, 0.3) is 5.91 Å². The lowest BCUT2D eigenvalue weighted by atomic mass is 10.1. The molecule has 2 N–H and O–H groups in total. The van der Waals surface area contributed by atoms with E-state index in [0.717, 1.165) is 5.56 Å². The second-order valence-electron chi connectivity index (χ2n) is 6.86. The first-order chi connectivity index (χ1) is 14.9. The Balaban J connectivity index is 1.42. The Bertz CT molecular complexity index is 1240. The van der Waals surface area contributed by atoms with Crippen molar-refractivity contribution in [2.75, 3.05) is 0 Å². The number of benzene rings is 1. The number of nitrogens with zero attached hydrogens (tertiary/aromatic N) is 3. The van der Waals surface area contributed by atoms with Gasteiger partial charge in [0, 0.05) is 11.6 Å². The average molecular weight is 421 g/mol. The molecule has 0 aliphatic heterocycles. The molecule has 0 aliphatic carbocycles. The zero-order valence-corrected chi connectivity index (χ0v) is 17.1. The van der Waals surface area contributed by atoms with Crippen LogP contribution in [0.5, 0.6) is 0 Å². The summed E-state index contributed by atoms with van der Waals surface area (Å²) in [4.78, 5) is 29.4. The summed E-state index contributed by atoms with van der Waals surface area (Å²) in [6.45, 7) is 5.06. The summed E-state index contributed by atoms with van der Waals surface area (Å²) in [6, 6.07) is 11.0. The minimum absolute atomic E-state index is 0.0690. The van der Waals surface area contributed by atoms with Crippen molar-refractivity contribution < 1.29 is 23.1 Å². The first-order valence-electron chi connectivity index (χ1n) is 9.43. The highest BCUT2D eigenvalue weighted by Crippen LogP contribution is 2.25. The van der Waals surface area contributed by atoms with Crippen LogP contribution in [0.1, 0.15) is 33.3 Å². The minimum Gasteiger partial charge on any atom is -0.441 e. The maximum atomic E-state index is 12.6. The second kappa shape index (κ2) is 8.27. The molecule has 10 heteroatoms. The van der Waals surface area contributed by atoms with E-state index in [1.165, 1.54) is 0 Å². The van der Waals surface area contributed by atoms with Gasteiger partial charge in [-0.05, 0) is 32.9 Å². The van der Waals surface area contributed by atoms with Gasteiger partial charge in [0.15, 0.2) is 5.69 Å². The number of rotatable bonds is 5. The fourth-order valence-corrected chi connectivity index (χ4v) is 2.97. The van der Waals surface area contributed by atoms with Crippen LogP contribution in [0.25, 0.3) is 22.9 Å². The van der Waals surface area contributed by atoms with Crippen LogP contribution in [0, 0.1) is 20.8 Å². The summed E-state index contributed by atoms with van der Waals surface area (Å²) in [6.07, 6.45) is -0.0690. The maximum Gasteiger partial charge on any atom is 0.275 e. The molecule has 0 bridgehead atoms. The maximum absolute atomic E-state index is 12.6. The number of carbonyl (C=O) groups excluding carboxylic acids is 2. The van der Waals surface area contributed by atoms with Gasteiger partial charge in [-0.15, -0.1) is 0 Å². The van der Waals surface area contributed by atoms with Crippen molar-refractivity contribution in [3.05, 3.63) is 64.9 Å². The van der Waals surface area contributed by atoms with Crippen molar-refractivity contribution in [2.45, 2.75) is 27.2 Å².